The SMILES string of the molecule is c1ccc(-c2nc(-c3ccccc3)nc(-c3cccc4oc5cc6oc7cccc(-n8c9ccccc9c9ccccc98)c7c6cc5c34)n2)cc1. The van der Waals surface area contributed by atoms with Gasteiger partial charge in [-0.05, 0) is 36.4 Å². The molecule has 51 heavy (non-hydrogen) atoms. The Morgan fingerprint density at radius 2 is 0.882 bits per heavy atom. The normalized spacial score (nSPS) is 11.9. The zero-order valence-electron chi connectivity index (χ0n) is 27.1. The van der Waals surface area contributed by atoms with Gasteiger partial charge in [-0.25, -0.2) is 15.0 Å². The lowest BCUT2D eigenvalue weighted by Gasteiger charge is -2.10. The maximum absolute atomic E-state index is 6.56. The van der Waals surface area contributed by atoms with Crippen LogP contribution in [0.4, 0.5) is 0 Å². The molecule has 0 amide bonds. The Kier molecular flexibility index (Phi) is 5.86. The number of hydrogen-bond acceptors (Lipinski definition) is 5. The molecule has 0 spiro atoms. The monoisotopic (exact) mass is 654 g/mol. The number of furan rings is 2. The molecule has 11 rings (SSSR count). The van der Waals surface area contributed by atoms with Crippen LogP contribution in [0.15, 0.2) is 167 Å². The molecule has 0 aliphatic carbocycles. The van der Waals surface area contributed by atoms with Gasteiger partial charge in [-0.1, -0.05) is 115 Å². The van der Waals surface area contributed by atoms with E-state index in [9.17, 15) is 0 Å². The molecule has 6 nitrogen and oxygen atoms in total. The second kappa shape index (κ2) is 10.7. The molecule has 4 heterocycles. The molecule has 0 atom stereocenters. The third kappa shape index (κ3) is 4.20. The summed E-state index contributed by atoms with van der Waals surface area (Å²) < 4.78 is 15.4. The summed E-state index contributed by atoms with van der Waals surface area (Å²) in [6.07, 6.45) is 0. The summed E-state index contributed by atoms with van der Waals surface area (Å²) in [4.78, 5) is 15.0. The summed E-state index contributed by atoms with van der Waals surface area (Å²) in [6, 6.07) is 53.8. The Labute approximate surface area is 290 Å². The quantitative estimate of drug-likeness (QED) is 0.189. The standard InChI is InChI=1S/C45H26N4O2/c1-3-13-27(14-4-1)43-46-44(28-15-5-2-6-16-28)48-45(47-43)31-19-11-23-37-41(31)32-25-33-40(26-39(32)50-37)51-38-24-12-22-36(42(33)38)49-34-20-9-7-17-29(34)30-18-8-10-21-35(30)49/h1-26H. The number of benzene rings is 7. The fourth-order valence-electron chi connectivity index (χ4n) is 7.61. The van der Waals surface area contributed by atoms with E-state index in [-0.39, 0.29) is 0 Å². The lowest BCUT2D eigenvalue weighted by atomic mass is 10.0. The third-order valence-corrected chi connectivity index (χ3v) is 9.85. The predicted molar refractivity (Wildman–Crippen MR) is 205 cm³/mol. The van der Waals surface area contributed by atoms with Crippen molar-refractivity contribution in [3.63, 3.8) is 0 Å². The summed E-state index contributed by atoms with van der Waals surface area (Å²) in [6.45, 7) is 0. The number of nitrogens with zero attached hydrogens (tertiary/aromatic N) is 4. The van der Waals surface area contributed by atoms with Crippen molar-refractivity contribution in [2.75, 3.05) is 0 Å². The first-order chi connectivity index (χ1) is 25.3. The highest BCUT2D eigenvalue weighted by Crippen LogP contribution is 2.43. The first-order valence-corrected chi connectivity index (χ1v) is 16.9. The molecular weight excluding hydrogens is 629 g/mol. The van der Waals surface area contributed by atoms with Gasteiger partial charge in [0.05, 0.1) is 22.1 Å². The van der Waals surface area contributed by atoms with Crippen molar-refractivity contribution in [2.24, 2.45) is 0 Å². The van der Waals surface area contributed by atoms with Gasteiger partial charge in [0, 0.05) is 49.7 Å². The summed E-state index contributed by atoms with van der Waals surface area (Å²) in [5, 5.41) is 6.41. The molecule has 0 aliphatic rings. The van der Waals surface area contributed by atoms with Crippen LogP contribution in [-0.4, -0.2) is 19.5 Å². The van der Waals surface area contributed by atoms with Crippen molar-refractivity contribution >= 4 is 65.7 Å². The van der Waals surface area contributed by atoms with Crippen LogP contribution in [0.3, 0.4) is 0 Å². The van der Waals surface area contributed by atoms with Crippen LogP contribution in [0.2, 0.25) is 0 Å². The van der Waals surface area contributed by atoms with Gasteiger partial charge in [0.15, 0.2) is 17.5 Å². The summed E-state index contributed by atoms with van der Waals surface area (Å²) in [5.74, 6) is 1.81. The van der Waals surface area contributed by atoms with Gasteiger partial charge >= 0.3 is 0 Å². The van der Waals surface area contributed by atoms with E-state index >= 15 is 0 Å². The van der Waals surface area contributed by atoms with Crippen LogP contribution in [-0.2, 0) is 0 Å². The summed E-state index contributed by atoms with van der Waals surface area (Å²) >= 11 is 0. The van der Waals surface area contributed by atoms with Crippen LogP contribution in [0, 0.1) is 0 Å². The average Bonchev–Trinajstić information content (AvgIpc) is 3.86. The van der Waals surface area contributed by atoms with Crippen molar-refractivity contribution < 1.29 is 8.83 Å². The topological polar surface area (TPSA) is 69.9 Å². The molecule has 0 bridgehead atoms. The molecule has 0 N–H and O–H groups in total. The van der Waals surface area contributed by atoms with Gasteiger partial charge in [0.25, 0.3) is 0 Å². The van der Waals surface area contributed by atoms with Crippen molar-refractivity contribution in [3.05, 3.63) is 158 Å². The van der Waals surface area contributed by atoms with Gasteiger partial charge in [-0.2, -0.15) is 0 Å². The minimum Gasteiger partial charge on any atom is -0.456 e. The first kappa shape index (κ1) is 27.9. The Bertz CT molecular complexity index is 3030. The second-order valence-electron chi connectivity index (χ2n) is 12.8. The molecule has 4 aromatic heterocycles. The molecule has 6 heteroatoms. The highest BCUT2D eigenvalue weighted by molar-refractivity contribution is 6.20. The van der Waals surface area contributed by atoms with Crippen molar-refractivity contribution in [3.8, 4) is 39.9 Å². The van der Waals surface area contributed by atoms with Crippen LogP contribution in [0.25, 0.3) is 106 Å². The maximum Gasteiger partial charge on any atom is 0.164 e. The van der Waals surface area contributed by atoms with E-state index in [4.69, 9.17) is 23.8 Å². The highest BCUT2D eigenvalue weighted by atomic mass is 16.3. The van der Waals surface area contributed by atoms with E-state index in [1.54, 1.807) is 0 Å². The number of fused-ring (bicyclic) bond motifs is 9. The van der Waals surface area contributed by atoms with E-state index < -0.39 is 0 Å². The minimum absolute atomic E-state index is 0.583. The third-order valence-electron chi connectivity index (χ3n) is 9.85. The van der Waals surface area contributed by atoms with E-state index in [1.807, 2.05) is 84.9 Å². The molecule has 0 radical (unpaired) electrons. The first-order valence-electron chi connectivity index (χ1n) is 16.9. The highest BCUT2D eigenvalue weighted by Gasteiger charge is 2.22. The predicted octanol–water partition coefficient (Wildman–Crippen LogP) is 11.8. The van der Waals surface area contributed by atoms with E-state index in [2.05, 4.69) is 77.4 Å². The van der Waals surface area contributed by atoms with Crippen LogP contribution in [0.5, 0.6) is 0 Å². The van der Waals surface area contributed by atoms with Gasteiger partial charge in [0.2, 0.25) is 0 Å². The van der Waals surface area contributed by atoms with Crippen LogP contribution < -0.4 is 0 Å². The zero-order chi connectivity index (χ0) is 33.5. The Hall–Kier alpha value is -7.05. The number of hydrogen-bond donors (Lipinski definition) is 0. The molecule has 7 aromatic carbocycles. The number of aromatic nitrogens is 4. The Balaban J connectivity index is 1.19. The lowest BCUT2D eigenvalue weighted by molar-refractivity contribution is 0.656. The number of para-hydroxylation sites is 2. The smallest absolute Gasteiger partial charge is 0.164 e. The molecule has 0 saturated heterocycles. The maximum atomic E-state index is 6.56. The van der Waals surface area contributed by atoms with Gasteiger partial charge in [-0.15, -0.1) is 0 Å². The Morgan fingerprint density at radius 3 is 1.51 bits per heavy atom. The molecule has 238 valence electrons. The molecule has 0 unspecified atom stereocenters. The second-order valence-corrected chi connectivity index (χ2v) is 12.8. The zero-order valence-corrected chi connectivity index (χ0v) is 27.1. The fraction of sp³-hybridized carbons (Fsp3) is 0. The van der Waals surface area contributed by atoms with Gasteiger partial charge in [-0.3, -0.25) is 0 Å². The van der Waals surface area contributed by atoms with Crippen molar-refractivity contribution in [2.45, 2.75) is 0 Å². The molecule has 0 fully saturated rings. The Morgan fingerprint density at radius 1 is 0.373 bits per heavy atom. The lowest BCUT2D eigenvalue weighted by Crippen LogP contribution is -2.00. The number of rotatable bonds is 4. The summed E-state index contributed by atoms with van der Waals surface area (Å²) in [5.41, 5.74) is 9.16. The average molecular weight is 655 g/mol. The van der Waals surface area contributed by atoms with Crippen molar-refractivity contribution in [1.82, 2.24) is 19.5 Å². The van der Waals surface area contributed by atoms with Crippen LogP contribution >= 0.6 is 0 Å². The molecule has 11 aromatic rings. The largest absolute Gasteiger partial charge is 0.456 e. The van der Waals surface area contributed by atoms with Gasteiger partial charge < -0.3 is 13.4 Å². The van der Waals surface area contributed by atoms with E-state index in [0.717, 1.165) is 77.3 Å². The van der Waals surface area contributed by atoms with Crippen LogP contribution in [0.1, 0.15) is 0 Å². The van der Waals surface area contributed by atoms with E-state index in [0.29, 0.717) is 17.5 Å². The fourth-order valence-corrected chi connectivity index (χ4v) is 7.61. The van der Waals surface area contributed by atoms with Crippen molar-refractivity contribution in [1.29, 1.82) is 0 Å². The summed E-state index contributed by atoms with van der Waals surface area (Å²) in [7, 11) is 0. The van der Waals surface area contributed by atoms with E-state index in [1.165, 1.54) is 10.8 Å². The molecular formula is C45H26N4O2. The molecule has 0 saturated carbocycles. The minimum atomic E-state index is 0.583. The van der Waals surface area contributed by atoms with Gasteiger partial charge in [0.1, 0.15) is 22.3 Å². The molecule has 0 aliphatic heterocycles.